The summed E-state index contributed by atoms with van der Waals surface area (Å²) in [7, 11) is -3.20. The molecule has 0 bridgehead atoms. The SMILES string of the molecule is Cc1nn(C)c(C)c1N(C(F)F)S(=O)(=O)c1c(Cl)cc(CCCN2CCN3CCC[C@@H]3C2)cc1Cl. The summed E-state index contributed by atoms with van der Waals surface area (Å²) in [6.07, 6.45) is 4.05. The van der Waals surface area contributed by atoms with Crippen molar-refractivity contribution in [3.63, 3.8) is 0 Å². The van der Waals surface area contributed by atoms with Gasteiger partial charge in [-0.2, -0.15) is 13.9 Å². The second-order valence-corrected chi connectivity index (χ2v) is 11.9. The number of anilines is 1. The molecule has 0 spiro atoms. The van der Waals surface area contributed by atoms with E-state index in [9.17, 15) is 17.2 Å². The molecule has 0 N–H and O–H groups in total. The van der Waals surface area contributed by atoms with Crippen LogP contribution in [0.4, 0.5) is 14.5 Å². The Labute approximate surface area is 215 Å². The Hall–Kier alpha value is -1.46. The summed E-state index contributed by atoms with van der Waals surface area (Å²) in [5.41, 5.74) is 1.04. The molecule has 35 heavy (non-hydrogen) atoms. The number of alkyl halides is 2. The third-order valence-corrected chi connectivity index (χ3v) is 9.69. The topological polar surface area (TPSA) is 61.7 Å². The van der Waals surface area contributed by atoms with E-state index in [1.54, 1.807) is 7.05 Å². The van der Waals surface area contributed by atoms with Gasteiger partial charge in [-0.05, 0) is 70.3 Å². The maximum Gasteiger partial charge on any atom is 0.328 e. The van der Waals surface area contributed by atoms with Crippen LogP contribution in [0.3, 0.4) is 0 Å². The lowest BCUT2D eigenvalue weighted by Gasteiger charge is -2.37. The average Bonchev–Trinajstić information content (AvgIpc) is 3.32. The Morgan fingerprint density at radius 3 is 2.46 bits per heavy atom. The van der Waals surface area contributed by atoms with Crippen molar-refractivity contribution in [2.45, 2.75) is 57.0 Å². The molecule has 2 aliphatic heterocycles. The zero-order valence-corrected chi connectivity index (χ0v) is 22.5. The standard InChI is InChI=1S/C23H31Cl2F2N5O2S/c1-15-21(16(2)29(3)28-15)32(23(26)27)35(33,34)22-19(24)12-17(13-20(22)25)6-4-8-30-10-11-31-9-5-7-18(31)14-30/h12-13,18,23H,4-11,14H2,1-3H3/t18-/m1/s1. The summed E-state index contributed by atoms with van der Waals surface area (Å²) in [5.74, 6) is 0. The lowest BCUT2D eigenvalue weighted by molar-refractivity contribution is 0.104. The van der Waals surface area contributed by atoms with Crippen LogP contribution >= 0.6 is 23.2 Å². The van der Waals surface area contributed by atoms with Crippen LogP contribution in [0.25, 0.3) is 0 Å². The fourth-order valence-corrected chi connectivity index (χ4v) is 7.91. The van der Waals surface area contributed by atoms with Crippen LogP contribution in [-0.2, 0) is 23.5 Å². The highest BCUT2D eigenvalue weighted by Crippen LogP contribution is 2.38. The normalized spacial score (nSPS) is 19.5. The van der Waals surface area contributed by atoms with E-state index in [1.165, 1.54) is 50.0 Å². The van der Waals surface area contributed by atoms with Crippen LogP contribution in [0.1, 0.15) is 36.2 Å². The van der Waals surface area contributed by atoms with E-state index in [-0.39, 0.29) is 31.4 Å². The highest BCUT2D eigenvalue weighted by Gasteiger charge is 2.38. The Kier molecular flexibility index (Phi) is 7.97. The van der Waals surface area contributed by atoms with Gasteiger partial charge < -0.3 is 4.90 Å². The van der Waals surface area contributed by atoms with Crippen LogP contribution in [0.2, 0.25) is 10.0 Å². The lowest BCUT2D eigenvalue weighted by Crippen LogP contribution is -2.50. The molecular weight excluding hydrogens is 519 g/mol. The third kappa shape index (κ3) is 5.32. The van der Waals surface area contributed by atoms with Gasteiger partial charge in [0.05, 0.1) is 21.4 Å². The molecule has 1 aromatic heterocycles. The van der Waals surface area contributed by atoms with E-state index in [2.05, 4.69) is 14.9 Å². The smallest absolute Gasteiger partial charge is 0.301 e. The van der Waals surface area contributed by atoms with Gasteiger partial charge in [0.1, 0.15) is 10.6 Å². The number of fused-ring (bicyclic) bond motifs is 1. The monoisotopic (exact) mass is 549 g/mol. The Balaban J connectivity index is 1.51. The van der Waals surface area contributed by atoms with E-state index in [1.807, 2.05) is 0 Å². The summed E-state index contributed by atoms with van der Waals surface area (Å²) in [5, 5.41) is 3.74. The third-order valence-electron chi connectivity index (χ3n) is 7.05. The van der Waals surface area contributed by atoms with E-state index < -0.39 is 21.5 Å². The molecule has 1 aromatic carbocycles. The summed E-state index contributed by atoms with van der Waals surface area (Å²) in [6.45, 7) is 5.03. The lowest BCUT2D eigenvalue weighted by atomic mass is 10.1. The number of rotatable bonds is 8. The van der Waals surface area contributed by atoms with Crippen LogP contribution in [-0.4, -0.2) is 73.3 Å². The molecule has 1 atom stereocenters. The molecule has 2 saturated heterocycles. The molecule has 7 nitrogen and oxygen atoms in total. The summed E-state index contributed by atoms with van der Waals surface area (Å²) >= 11 is 12.7. The summed E-state index contributed by atoms with van der Waals surface area (Å²) < 4.78 is 56.4. The minimum absolute atomic E-state index is 0.0557. The highest BCUT2D eigenvalue weighted by molar-refractivity contribution is 7.93. The van der Waals surface area contributed by atoms with Gasteiger partial charge in [0.15, 0.2) is 0 Å². The number of halogens is 4. The maximum atomic E-state index is 14.1. The number of aromatic nitrogens is 2. The minimum Gasteiger partial charge on any atom is -0.301 e. The maximum absolute atomic E-state index is 14.1. The van der Waals surface area contributed by atoms with Crippen LogP contribution in [0.5, 0.6) is 0 Å². The molecule has 0 saturated carbocycles. The van der Waals surface area contributed by atoms with Gasteiger partial charge in [-0.1, -0.05) is 23.2 Å². The number of nitrogens with zero attached hydrogens (tertiary/aromatic N) is 5. The first-order valence-electron chi connectivity index (χ1n) is 11.8. The molecule has 0 radical (unpaired) electrons. The molecule has 0 aliphatic carbocycles. The van der Waals surface area contributed by atoms with Crippen molar-refractivity contribution in [2.24, 2.45) is 7.05 Å². The number of hydrogen-bond acceptors (Lipinski definition) is 5. The molecule has 0 amide bonds. The van der Waals surface area contributed by atoms with E-state index in [0.717, 1.165) is 38.2 Å². The number of piperazine rings is 1. The fraction of sp³-hybridized carbons (Fsp3) is 0.609. The number of benzene rings is 1. The minimum atomic E-state index is -4.76. The molecule has 2 aliphatic rings. The van der Waals surface area contributed by atoms with Crippen LogP contribution in [0, 0.1) is 13.8 Å². The fourth-order valence-electron chi connectivity index (χ4n) is 5.27. The van der Waals surface area contributed by atoms with E-state index in [4.69, 9.17) is 23.2 Å². The zero-order chi connectivity index (χ0) is 25.5. The number of aryl methyl sites for hydroxylation is 3. The van der Waals surface area contributed by atoms with Crippen molar-refractivity contribution in [3.05, 3.63) is 39.1 Å². The van der Waals surface area contributed by atoms with Crippen molar-refractivity contribution in [1.29, 1.82) is 0 Å². The summed E-state index contributed by atoms with van der Waals surface area (Å²) in [4.78, 5) is 4.50. The van der Waals surface area contributed by atoms with Crippen molar-refractivity contribution >= 4 is 38.9 Å². The molecule has 3 heterocycles. The van der Waals surface area contributed by atoms with Gasteiger partial charge in [-0.3, -0.25) is 9.58 Å². The van der Waals surface area contributed by atoms with Gasteiger partial charge in [0.2, 0.25) is 0 Å². The number of sulfonamides is 1. The van der Waals surface area contributed by atoms with Crippen LogP contribution in [0.15, 0.2) is 17.0 Å². The first-order valence-corrected chi connectivity index (χ1v) is 14.0. The summed E-state index contributed by atoms with van der Waals surface area (Å²) in [6, 6.07) is 3.69. The quantitative estimate of drug-likeness (QED) is 0.454. The van der Waals surface area contributed by atoms with Crippen molar-refractivity contribution in [3.8, 4) is 0 Å². The first-order chi connectivity index (χ1) is 16.5. The zero-order valence-electron chi connectivity index (χ0n) is 20.1. The predicted octanol–water partition coefficient (Wildman–Crippen LogP) is 4.47. The largest absolute Gasteiger partial charge is 0.328 e. The van der Waals surface area contributed by atoms with Gasteiger partial charge >= 0.3 is 6.55 Å². The average molecular weight is 551 g/mol. The molecule has 4 rings (SSSR count). The first kappa shape index (κ1) is 26.6. The van der Waals surface area contributed by atoms with Gasteiger partial charge in [0.25, 0.3) is 10.0 Å². The van der Waals surface area contributed by atoms with Crippen molar-refractivity contribution in [2.75, 3.05) is 37.0 Å². The molecule has 2 fully saturated rings. The molecule has 2 aromatic rings. The Morgan fingerprint density at radius 1 is 1.17 bits per heavy atom. The van der Waals surface area contributed by atoms with E-state index in [0.29, 0.717) is 12.5 Å². The predicted molar refractivity (Wildman–Crippen MR) is 134 cm³/mol. The highest BCUT2D eigenvalue weighted by atomic mass is 35.5. The van der Waals surface area contributed by atoms with Crippen molar-refractivity contribution < 1.29 is 17.2 Å². The number of hydrogen-bond donors (Lipinski definition) is 0. The molecule has 0 unspecified atom stereocenters. The second-order valence-electron chi connectivity index (χ2n) is 9.35. The molecule has 194 valence electrons. The Bertz CT molecular complexity index is 1170. The van der Waals surface area contributed by atoms with E-state index >= 15 is 0 Å². The molecular formula is C23H31Cl2F2N5O2S. The van der Waals surface area contributed by atoms with Gasteiger partial charge in [-0.25, -0.2) is 12.7 Å². The van der Waals surface area contributed by atoms with Gasteiger partial charge in [-0.15, -0.1) is 0 Å². The second kappa shape index (κ2) is 10.5. The van der Waals surface area contributed by atoms with Crippen molar-refractivity contribution in [1.82, 2.24) is 19.6 Å². The Morgan fingerprint density at radius 2 is 1.86 bits per heavy atom. The van der Waals surface area contributed by atoms with Gasteiger partial charge in [0, 0.05) is 32.7 Å². The van der Waals surface area contributed by atoms with Crippen LogP contribution < -0.4 is 4.31 Å². The molecule has 12 heteroatoms.